The highest BCUT2D eigenvalue weighted by molar-refractivity contribution is 6.40. The summed E-state index contributed by atoms with van der Waals surface area (Å²) in [5, 5.41) is 4.78. The van der Waals surface area contributed by atoms with Crippen molar-refractivity contribution in [1.29, 1.82) is 0 Å². The van der Waals surface area contributed by atoms with Crippen LogP contribution in [0.3, 0.4) is 0 Å². The fourth-order valence-electron chi connectivity index (χ4n) is 2.40. The molecule has 2 aromatic carbocycles. The van der Waals surface area contributed by atoms with Gasteiger partial charge in [-0.2, -0.15) is 0 Å². The molecule has 0 saturated carbocycles. The van der Waals surface area contributed by atoms with E-state index < -0.39 is 11.9 Å². The number of hydrogen-bond donors (Lipinski definition) is 2. The predicted molar refractivity (Wildman–Crippen MR) is 112 cm³/mol. The second-order valence-electron chi connectivity index (χ2n) is 5.88. The van der Waals surface area contributed by atoms with Crippen LogP contribution in [-0.4, -0.2) is 29.0 Å². The molecular weight excluding hydrogens is 431 g/mol. The average Bonchev–Trinajstić information content (AvgIpc) is 2.73. The Kier molecular flexibility index (Phi) is 7.05. The molecule has 3 rings (SSSR count). The van der Waals surface area contributed by atoms with Crippen molar-refractivity contribution < 1.29 is 19.1 Å². The van der Waals surface area contributed by atoms with E-state index in [-0.39, 0.29) is 33.9 Å². The highest BCUT2D eigenvalue weighted by atomic mass is 35.5. The van der Waals surface area contributed by atoms with Crippen molar-refractivity contribution in [3.05, 3.63) is 76.0 Å². The summed E-state index contributed by atoms with van der Waals surface area (Å²) in [5.41, 5.74) is 0.901. The van der Waals surface area contributed by atoms with Crippen molar-refractivity contribution in [1.82, 2.24) is 15.3 Å². The molecule has 0 radical (unpaired) electrons. The zero-order valence-corrected chi connectivity index (χ0v) is 17.2. The van der Waals surface area contributed by atoms with Crippen molar-refractivity contribution in [2.45, 2.75) is 6.61 Å². The summed E-state index contributed by atoms with van der Waals surface area (Å²) in [6.07, 6.45) is 2.65. The Hall–Kier alpha value is -3.36. The first kappa shape index (κ1) is 21.4. The Balaban J connectivity index is 1.54. The fraction of sp³-hybridized carbons (Fsp3) is 0.100. The van der Waals surface area contributed by atoms with Gasteiger partial charge in [-0.15, -0.1) is 0 Å². The molecule has 154 valence electrons. The molecule has 0 unspecified atom stereocenters. The van der Waals surface area contributed by atoms with Gasteiger partial charge in [-0.25, -0.2) is 14.8 Å². The molecule has 0 bridgehead atoms. The lowest BCUT2D eigenvalue weighted by atomic mass is 10.2. The van der Waals surface area contributed by atoms with Gasteiger partial charge >= 0.3 is 6.03 Å². The van der Waals surface area contributed by atoms with E-state index in [0.717, 1.165) is 11.3 Å². The maximum Gasteiger partial charge on any atom is 0.327 e. The number of methoxy groups -OCH3 is 1. The number of rotatable bonds is 6. The van der Waals surface area contributed by atoms with Gasteiger partial charge in [0.2, 0.25) is 5.88 Å². The minimum Gasteiger partial charge on any atom is -0.497 e. The number of urea groups is 1. The van der Waals surface area contributed by atoms with Gasteiger partial charge in [0.1, 0.15) is 12.4 Å². The Morgan fingerprint density at radius 1 is 1.03 bits per heavy atom. The number of amides is 3. The molecule has 8 nitrogen and oxygen atoms in total. The van der Waals surface area contributed by atoms with Crippen LogP contribution in [0.1, 0.15) is 15.9 Å². The van der Waals surface area contributed by atoms with Crippen LogP contribution in [0.4, 0.5) is 10.6 Å². The topological polar surface area (TPSA) is 102 Å². The second-order valence-corrected chi connectivity index (χ2v) is 6.70. The molecule has 0 aliphatic rings. The molecule has 3 aromatic rings. The van der Waals surface area contributed by atoms with E-state index in [1.165, 1.54) is 24.5 Å². The SMILES string of the molecule is COc1cccc(COc2cnc(NC(=O)NC(=O)c3c(Cl)cccc3Cl)cn2)c1. The molecule has 0 saturated heterocycles. The third kappa shape index (κ3) is 5.59. The van der Waals surface area contributed by atoms with Crippen LogP contribution in [0.15, 0.2) is 54.9 Å². The molecule has 1 heterocycles. The van der Waals surface area contributed by atoms with Crippen LogP contribution in [0.25, 0.3) is 0 Å². The highest BCUT2D eigenvalue weighted by Gasteiger charge is 2.17. The molecule has 2 N–H and O–H groups in total. The van der Waals surface area contributed by atoms with E-state index in [1.54, 1.807) is 13.2 Å². The minimum atomic E-state index is -0.810. The maximum absolute atomic E-state index is 12.2. The quantitative estimate of drug-likeness (QED) is 0.583. The number of nitrogens with one attached hydrogen (secondary N) is 2. The van der Waals surface area contributed by atoms with Gasteiger partial charge in [0.05, 0.1) is 35.1 Å². The fourth-order valence-corrected chi connectivity index (χ4v) is 2.97. The average molecular weight is 447 g/mol. The monoisotopic (exact) mass is 446 g/mol. The Morgan fingerprint density at radius 3 is 2.43 bits per heavy atom. The molecule has 0 aliphatic carbocycles. The smallest absolute Gasteiger partial charge is 0.327 e. The summed E-state index contributed by atoms with van der Waals surface area (Å²) in [7, 11) is 1.59. The molecule has 0 atom stereocenters. The number of nitrogens with zero attached hydrogens (tertiary/aromatic N) is 2. The number of imide groups is 1. The number of aromatic nitrogens is 2. The van der Waals surface area contributed by atoms with Crippen LogP contribution in [0.2, 0.25) is 10.0 Å². The summed E-state index contributed by atoms with van der Waals surface area (Å²) in [6, 6.07) is 11.2. The number of benzene rings is 2. The number of ether oxygens (including phenoxy) is 2. The third-order valence-electron chi connectivity index (χ3n) is 3.81. The Bertz CT molecular complexity index is 1040. The largest absolute Gasteiger partial charge is 0.497 e. The van der Waals surface area contributed by atoms with E-state index in [2.05, 4.69) is 20.6 Å². The first-order chi connectivity index (χ1) is 14.5. The predicted octanol–water partition coefficient (Wildman–Crippen LogP) is 4.33. The lowest BCUT2D eigenvalue weighted by Crippen LogP contribution is -2.34. The molecule has 0 spiro atoms. The second kappa shape index (κ2) is 9.91. The van der Waals surface area contributed by atoms with Crippen molar-refractivity contribution >= 4 is 41.0 Å². The van der Waals surface area contributed by atoms with Gasteiger partial charge < -0.3 is 9.47 Å². The van der Waals surface area contributed by atoms with Crippen molar-refractivity contribution in [2.24, 2.45) is 0 Å². The zero-order chi connectivity index (χ0) is 21.5. The van der Waals surface area contributed by atoms with Gasteiger partial charge in [0, 0.05) is 0 Å². The minimum absolute atomic E-state index is 0.00311. The maximum atomic E-state index is 12.2. The number of hydrogen-bond acceptors (Lipinski definition) is 6. The van der Waals surface area contributed by atoms with E-state index in [0.29, 0.717) is 0 Å². The Morgan fingerprint density at radius 2 is 1.77 bits per heavy atom. The van der Waals surface area contributed by atoms with Crippen LogP contribution >= 0.6 is 23.2 Å². The van der Waals surface area contributed by atoms with Gasteiger partial charge in [0.25, 0.3) is 5.91 Å². The van der Waals surface area contributed by atoms with Crippen LogP contribution in [0, 0.1) is 0 Å². The molecule has 1 aromatic heterocycles. The van der Waals surface area contributed by atoms with E-state index >= 15 is 0 Å². The van der Waals surface area contributed by atoms with Crippen molar-refractivity contribution in [3.63, 3.8) is 0 Å². The summed E-state index contributed by atoms with van der Waals surface area (Å²) in [5.74, 6) is 0.372. The van der Waals surface area contributed by atoms with E-state index in [9.17, 15) is 9.59 Å². The van der Waals surface area contributed by atoms with E-state index in [1.807, 2.05) is 24.3 Å². The summed E-state index contributed by atoms with van der Waals surface area (Å²) < 4.78 is 10.7. The van der Waals surface area contributed by atoms with Crippen LogP contribution in [0.5, 0.6) is 11.6 Å². The lowest BCUT2D eigenvalue weighted by molar-refractivity contribution is 0.0967. The lowest BCUT2D eigenvalue weighted by Gasteiger charge is -2.09. The molecule has 3 amide bonds. The van der Waals surface area contributed by atoms with Crippen molar-refractivity contribution in [3.8, 4) is 11.6 Å². The summed E-state index contributed by atoms with van der Waals surface area (Å²) >= 11 is 11.9. The van der Waals surface area contributed by atoms with Crippen LogP contribution in [-0.2, 0) is 6.61 Å². The van der Waals surface area contributed by atoms with Crippen LogP contribution < -0.4 is 20.1 Å². The van der Waals surface area contributed by atoms with Crippen molar-refractivity contribution in [2.75, 3.05) is 12.4 Å². The first-order valence-corrected chi connectivity index (χ1v) is 9.36. The molecular formula is C20H16Cl2N4O4. The standard InChI is InChI=1S/C20H16Cl2N4O4/c1-29-13-5-2-4-12(8-13)11-30-17-10-23-16(9-24-17)25-20(28)26-19(27)18-14(21)6-3-7-15(18)22/h2-10H,11H2,1H3,(H2,23,25,26,27,28). The number of halogens is 2. The summed E-state index contributed by atoms with van der Waals surface area (Å²) in [4.78, 5) is 32.3. The third-order valence-corrected chi connectivity index (χ3v) is 4.44. The van der Waals surface area contributed by atoms with Gasteiger partial charge in [0.15, 0.2) is 5.82 Å². The number of anilines is 1. The molecule has 10 heteroatoms. The Labute approximate surface area is 182 Å². The van der Waals surface area contributed by atoms with Gasteiger partial charge in [-0.05, 0) is 29.8 Å². The highest BCUT2D eigenvalue weighted by Crippen LogP contribution is 2.24. The molecule has 30 heavy (non-hydrogen) atoms. The first-order valence-electron chi connectivity index (χ1n) is 8.60. The summed E-state index contributed by atoms with van der Waals surface area (Å²) in [6.45, 7) is 0.270. The number of carbonyl (C=O) groups excluding carboxylic acids is 2. The van der Waals surface area contributed by atoms with Gasteiger partial charge in [-0.1, -0.05) is 41.4 Å². The number of carbonyl (C=O) groups is 2. The van der Waals surface area contributed by atoms with Gasteiger partial charge in [-0.3, -0.25) is 15.4 Å². The zero-order valence-electron chi connectivity index (χ0n) is 15.7. The molecule has 0 fully saturated rings. The molecule has 0 aliphatic heterocycles. The normalized spacial score (nSPS) is 10.2. The van der Waals surface area contributed by atoms with E-state index in [4.69, 9.17) is 32.7 Å².